The first-order chi connectivity index (χ1) is 10.5. The minimum absolute atomic E-state index is 0.158. The lowest BCUT2D eigenvalue weighted by molar-refractivity contribution is -0.118. The quantitative estimate of drug-likeness (QED) is 0.798. The fourth-order valence-electron chi connectivity index (χ4n) is 1.94. The standard InChI is InChI=1S/C16H16N2O4/c1-17(13-6-4-3-5-7-13)15(20)11-18-10-12(16(21)22-2)8-9-14(18)19/h3-10H,11H2,1-2H3. The van der Waals surface area contributed by atoms with Crippen molar-refractivity contribution in [3.8, 4) is 0 Å². The van der Waals surface area contributed by atoms with Crippen LogP contribution in [-0.2, 0) is 16.1 Å². The fraction of sp³-hybridized carbons (Fsp3) is 0.188. The maximum atomic E-state index is 12.3. The molecule has 0 atom stereocenters. The van der Waals surface area contributed by atoms with Crippen molar-refractivity contribution in [1.29, 1.82) is 0 Å². The monoisotopic (exact) mass is 300 g/mol. The molecule has 0 spiro atoms. The lowest BCUT2D eigenvalue weighted by Crippen LogP contribution is -2.33. The Morgan fingerprint density at radius 3 is 2.45 bits per heavy atom. The molecule has 6 heteroatoms. The van der Waals surface area contributed by atoms with E-state index >= 15 is 0 Å². The number of likely N-dealkylation sites (N-methyl/N-ethyl adjacent to an activating group) is 1. The van der Waals surface area contributed by atoms with Crippen LogP contribution in [0, 0.1) is 0 Å². The normalized spacial score (nSPS) is 10.1. The van der Waals surface area contributed by atoms with Gasteiger partial charge in [0.2, 0.25) is 5.91 Å². The van der Waals surface area contributed by atoms with Crippen LogP contribution in [0.2, 0.25) is 0 Å². The first-order valence-corrected chi connectivity index (χ1v) is 6.63. The number of esters is 1. The molecule has 0 unspecified atom stereocenters. The van der Waals surface area contributed by atoms with Crippen molar-refractivity contribution in [3.63, 3.8) is 0 Å². The third kappa shape index (κ3) is 3.41. The van der Waals surface area contributed by atoms with Gasteiger partial charge in [0.25, 0.3) is 5.56 Å². The first-order valence-electron chi connectivity index (χ1n) is 6.63. The Bertz CT molecular complexity index is 737. The number of hydrogen-bond donors (Lipinski definition) is 0. The van der Waals surface area contributed by atoms with E-state index in [1.54, 1.807) is 19.2 Å². The molecule has 0 saturated carbocycles. The first kappa shape index (κ1) is 15.5. The Kier molecular flexibility index (Phi) is 4.73. The summed E-state index contributed by atoms with van der Waals surface area (Å²) in [5.41, 5.74) is 0.587. The Morgan fingerprint density at radius 2 is 1.82 bits per heavy atom. The summed E-state index contributed by atoms with van der Waals surface area (Å²) in [6.45, 7) is -0.158. The van der Waals surface area contributed by atoms with E-state index in [2.05, 4.69) is 4.74 Å². The average molecular weight is 300 g/mol. The molecule has 1 aromatic carbocycles. The van der Waals surface area contributed by atoms with Crippen molar-refractivity contribution in [2.45, 2.75) is 6.54 Å². The van der Waals surface area contributed by atoms with Crippen molar-refractivity contribution in [3.05, 3.63) is 64.6 Å². The van der Waals surface area contributed by atoms with E-state index in [1.165, 1.54) is 34.9 Å². The summed E-state index contributed by atoms with van der Waals surface area (Å²) < 4.78 is 5.79. The average Bonchev–Trinajstić information content (AvgIpc) is 2.56. The van der Waals surface area contributed by atoms with Crippen LogP contribution in [0.5, 0.6) is 0 Å². The molecular weight excluding hydrogens is 284 g/mol. The van der Waals surface area contributed by atoms with Gasteiger partial charge < -0.3 is 14.2 Å². The number of ether oxygens (including phenoxy) is 1. The van der Waals surface area contributed by atoms with Gasteiger partial charge in [0, 0.05) is 25.0 Å². The number of amides is 1. The Hall–Kier alpha value is -2.89. The lowest BCUT2D eigenvalue weighted by atomic mass is 10.2. The van der Waals surface area contributed by atoms with Crippen LogP contribution in [0.1, 0.15) is 10.4 Å². The van der Waals surface area contributed by atoms with E-state index in [9.17, 15) is 14.4 Å². The number of carbonyl (C=O) groups excluding carboxylic acids is 2. The maximum Gasteiger partial charge on any atom is 0.339 e. The summed E-state index contributed by atoms with van der Waals surface area (Å²) in [4.78, 5) is 37.0. The van der Waals surface area contributed by atoms with Gasteiger partial charge in [0.05, 0.1) is 12.7 Å². The summed E-state index contributed by atoms with van der Waals surface area (Å²) >= 11 is 0. The number of hydrogen-bond acceptors (Lipinski definition) is 4. The van der Waals surface area contributed by atoms with E-state index in [4.69, 9.17) is 0 Å². The largest absolute Gasteiger partial charge is 0.465 e. The number of benzene rings is 1. The minimum atomic E-state index is -0.558. The van der Waals surface area contributed by atoms with Crippen molar-refractivity contribution in [1.82, 2.24) is 4.57 Å². The molecule has 0 aliphatic heterocycles. The number of anilines is 1. The lowest BCUT2D eigenvalue weighted by Gasteiger charge is -2.18. The Morgan fingerprint density at radius 1 is 1.14 bits per heavy atom. The molecule has 1 amide bonds. The second-order valence-corrected chi connectivity index (χ2v) is 4.66. The fourth-order valence-corrected chi connectivity index (χ4v) is 1.94. The van der Waals surface area contributed by atoms with E-state index in [-0.39, 0.29) is 23.6 Å². The molecule has 22 heavy (non-hydrogen) atoms. The van der Waals surface area contributed by atoms with Crippen LogP contribution in [-0.4, -0.2) is 30.6 Å². The summed E-state index contributed by atoms with van der Waals surface area (Å²) in [6.07, 6.45) is 1.32. The van der Waals surface area contributed by atoms with Crippen LogP contribution in [0.25, 0.3) is 0 Å². The van der Waals surface area contributed by atoms with Crippen molar-refractivity contribution in [2.75, 3.05) is 19.1 Å². The number of aromatic nitrogens is 1. The maximum absolute atomic E-state index is 12.3. The van der Waals surface area contributed by atoms with Gasteiger partial charge in [-0.1, -0.05) is 18.2 Å². The number of carbonyl (C=O) groups is 2. The van der Waals surface area contributed by atoms with Gasteiger partial charge in [0.1, 0.15) is 6.54 Å². The van der Waals surface area contributed by atoms with Crippen molar-refractivity contribution >= 4 is 17.6 Å². The molecule has 0 aliphatic carbocycles. The predicted octanol–water partition coefficient (Wildman–Crippen LogP) is 1.30. The highest BCUT2D eigenvalue weighted by molar-refractivity contribution is 5.93. The molecule has 0 fully saturated rings. The van der Waals surface area contributed by atoms with E-state index in [1.807, 2.05) is 18.2 Å². The van der Waals surface area contributed by atoms with E-state index in [0.717, 1.165) is 5.69 Å². The van der Waals surface area contributed by atoms with Crippen LogP contribution in [0.4, 0.5) is 5.69 Å². The summed E-state index contributed by atoms with van der Waals surface area (Å²) in [5.74, 6) is -0.826. The summed E-state index contributed by atoms with van der Waals surface area (Å²) in [7, 11) is 2.89. The number of pyridine rings is 1. The van der Waals surface area contributed by atoms with Crippen LogP contribution < -0.4 is 10.5 Å². The number of nitrogens with zero attached hydrogens (tertiary/aromatic N) is 2. The minimum Gasteiger partial charge on any atom is -0.465 e. The van der Waals surface area contributed by atoms with Gasteiger partial charge >= 0.3 is 5.97 Å². The highest BCUT2D eigenvalue weighted by Crippen LogP contribution is 2.11. The molecule has 0 bridgehead atoms. The van der Waals surface area contributed by atoms with E-state index < -0.39 is 5.97 Å². The topological polar surface area (TPSA) is 68.6 Å². The SMILES string of the molecule is COC(=O)c1ccc(=O)n(CC(=O)N(C)c2ccccc2)c1. The Labute approximate surface area is 127 Å². The Balaban J connectivity index is 2.21. The van der Waals surface area contributed by atoms with Gasteiger partial charge in [-0.2, -0.15) is 0 Å². The third-order valence-electron chi connectivity index (χ3n) is 3.23. The number of para-hydroxylation sites is 1. The molecular formula is C16H16N2O4. The predicted molar refractivity (Wildman–Crippen MR) is 81.9 cm³/mol. The molecule has 0 aliphatic rings. The summed E-state index contributed by atoms with van der Waals surface area (Å²) in [5, 5.41) is 0. The van der Waals surface area contributed by atoms with Crippen LogP contribution in [0.3, 0.4) is 0 Å². The van der Waals surface area contributed by atoms with Crippen LogP contribution in [0.15, 0.2) is 53.5 Å². The second kappa shape index (κ2) is 6.71. The van der Waals surface area contributed by atoms with E-state index in [0.29, 0.717) is 0 Å². The second-order valence-electron chi connectivity index (χ2n) is 4.66. The molecule has 0 saturated heterocycles. The molecule has 0 N–H and O–H groups in total. The number of rotatable bonds is 4. The van der Waals surface area contributed by atoms with Gasteiger partial charge in [0.15, 0.2) is 0 Å². The van der Waals surface area contributed by atoms with Gasteiger partial charge in [-0.25, -0.2) is 4.79 Å². The van der Waals surface area contributed by atoms with Gasteiger partial charge in [-0.15, -0.1) is 0 Å². The van der Waals surface area contributed by atoms with Gasteiger partial charge in [-0.05, 0) is 18.2 Å². The van der Waals surface area contributed by atoms with Crippen molar-refractivity contribution < 1.29 is 14.3 Å². The smallest absolute Gasteiger partial charge is 0.339 e. The zero-order chi connectivity index (χ0) is 16.1. The number of methoxy groups -OCH3 is 1. The molecule has 114 valence electrons. The molecule has 2 rings (SSSR count). The molecule has 6 nitrogen and oxygen atoms in total. The zero-order valence-corrected chi connectivity index (χ0v) is 12.4. The molecule has 0 radical (unpaired) electrons. The van der Waals surface area contributed by atoms with Gasteiger partial charge in [-0.3, -0.25) is 9.59 Å². The highest BCUT2D eigenvalue weighted by Gasteiger charge is 2.14. The summed E-state index contributed by atoms with van der Waals surface area (Å²) in [6, 6.07) is 11.7. The highest BCUT2D eigenvalue weighted by atomic mass is 16.5. The third-order valence-corrected chi connectivity index (χ3v) is 3.23. The zero-order valence-electron chi connectivity index (χ0n) is 12.4. The molecule has 1 aromatic heterocycles. The molecule has 2 aromatic rings. The van der Waals surface area contributed by atoms with Crippen LogP contribution >= 0.6 is 0 Å². The molecule has 1 heterocycles. The van der Waals surface area contributed by atoms with Crippen molar-refractivity contribution in [2.24, 2.45) is 0 Å².